The Morgan fingerprint density at radius 1 is 1.37 bits per heavy atom. The van der Waals surface area contributed by atoms with Crippen molar-refractivity contribution in [3.8, 4) is 0 Å². The molecule has 19 heavy (non-hydrogen) atoms. The average molecular weight is 264 g/mol. The molecule has 98 valence electrons. The maximum Gasteiger partial charge on any atom is 0.255 e. The highest BCUT2D eigenvalue weighted by Gasteiger charge is 2.38. The normalized spacial score (nSPS) is 26.7. The zero-order valence-corrected chi connectivity index (χ0v) is 9.77. The lowest BCUT2D eigenvalue weighted by Gasteiger charge is -2.29. The van der Waals surface area contributed by atoms with Gasteiger partial charge in [-0.25, -0.2) is 4.39 Å². The monoisotopic (exact) mass is 264 g/mol. The van der Waals surface area contributed by atoms with E-state index in [1.807, 2.05) is 0 Å². The van der Waals surface area contributed by atoms with Crippen LogP contribution in [0.5, 0.6) is 0 Å². The van der Waals surface area contributed by atoms with Crippen molar-refractivity contribution in [1.29, 1.82) is 0 Å². The van der Waals surface area contributed by atoms with Crippen LogP contribution in [0.2, 0.25) is 0 Å². The van der Waals surface area contributed by atoms with Gasteiger partial charge in [-0.15, -0.1) is 0 Å². The minimum absolute atomic E-state index is 0.0287. The van der Waals surface area contributed by atoms with Crippen molar-refractivity contribution in [1.82, 2.24) is 10.2 Å². The summed E-state index contributed by atoms with van der Waals surface area (Å²) < 4.78 is 29.4. The van der Waals surface area contributed by atoms with Crippen LogP contribution in [0.25, 0.3) is 0 Å². The number of carbonyl (C=O) groups excluding carboxylic acids is 3. The van der Waals surface area contributed by atoms with Gasteiger partial charge in [0.05, 0.1) is 2.74 Å². The number of imide groups is 1. The molecule has 6 heteroatoms. The molecule has 3 amide bonds. The van der Waals surface area contributed by atoms with E-state index in [2.05, 4.69) is 5.32 Å². The molecule has 2 heterocycles. The molecule has 1 aromatic rings. The Balaban J connectivity index is 2.04. The first-order valence-corrected chi connectivity index (χ1v) is 5.80. The van der Waals surface area contributed by atoms with Crippen molar-refractivity contribution in [2.45, 2.75) is 25.4 Å². The van der Waals surface area contributed by atoms with Crippen LogP contribution in [0.1, 0.15) is 31.5 Å². The first-order valence-electron chi connectivity index (χ1n) is 6.80. The number of hydrogen-bond acceptors (Lipinski definition) is 3. The lowest BCUT2D eigenvalue weighted by atomic mass is 10.0. The Morgan fingerprint density at radius 3 is 2.89 bits per heavy atom. The average Bonchev–Trinajstić information content (AvgIpc) is 2.59. The lowest BCUT2D eigenvalue weighted by molar-refractivity contribution is -0.136. The topological polar surface area (TPSA) is 66.5 Å². The van der Waals surface area contributed by atoms with Crippen LogP contribution in [0.4, 0.5) is 4.39 Å². The second-order valence-corrected chi connectivity index (χ2v) is 4.44. The zero-order chi connectivity index (χ0) is 15.4. The quantitative estimate of drug-likeness (QED) is 0.755. The van der Waals surface area contributed by atoms with Gasteiger partial charge in [-0.1, -0.05) is 0 Å². The number of amides is 3. The third-order valence-corrected chi connectivity index (χ3v) is 3.19. The predicted octanol–water partition coefficient (Wildman–Crippen LogP) is 0.587. The Kier molecular flexibility index (Phi) is 2.11. The summed E-state index contributed by atoms with van der Waals surface area (Å²) in [5.41, 5.74) is -0.0664. The van der Waals surface area contributed by atoms with E-state index in [0.717, 1.165) is 17.0 Å². The largest absolute Gasteiger partial charge is 0.322 e. The molecule has 2 aliphatic rings. The maximum atomic E-state index is 13.3. The molecule has 1 N–H and O–H groups in total. The molecule has 3 rings (SSSR count). The number of nitrogens with one attached hydrogen (secondary N) is 1. The van der Waals surface area contributed by atoms with Gasteiger partial charge in [0.2, 0.25) is 11.8 Å². The number of halogens is 1. The molecule has 0 spiro atoms. The van der Waals surface area contributed by atoms with E-state index >= 15 is 0 Å². The summed E-state index contributed by atoms with van der Waals surface area (Å²) in [6.45, 7) is -2.29. The number of benzene rings is 1. The van der Waals surface area contributed by atoms with Crippen LogP contribution in [0.3, 0.4) is 0 Å². The molecule has 1 atom stereocenters. The van der Waals surface area contributed by atoms with Crippen molar-refractivity contribution >= 4 is 17.7 Å². The maximum absolute atomic E-state index is 13.3. The third-order valence-electron chi connectivity index (χ3n) is 3.19. The number of piperidine rings is 1. The van der Waals surface area contributed by atoms with Gasteiger partial charge in [0, 0.05) is 18.5 Å². The van der Waals surface area contributed by atoms with E-state index in [-0.39, 0.29) is 24.0 Å². The smallest absolute Gasteiger partial charge is 0.255 e. The fourth-order valence-corrected chi connectivity index (χ4v) is 2.25. The molecule has 1 aromatic carbocycles. The fourth-order valence-electron chi connectivity index (χ4n) is 2.25. The van der Waals surface area contributed by atoms with Gasteiger partial charge in [0.25, 0.3) is 5.91 Å². The van der Waals surface area contributed by atoms with Gasteiger partial charge in [0.15, 0.2) is 0 Å². The number of fused-ring (bicyclic) bond motifs is 1. The number of nitrogens with zero attached hydrogens (tertiary/aromatic N) is 1. The molecule has 2 aliphatic heterocycles. The standard InChI is InChI=1S/C13H11FN2O3/c14-8-1-2-9-7(5-8)6-16(13(9)19)10-3-4-11(17)15-12(10)18/h1-2,5,10H,3-4,6H2,(H,15,17,18)/i6D2. The van der Waals surface area contributed by atoms with Crippen molar-refractivity contribution < 1.29 is 21.5 Å². The number of rotatable bonds is 1. The van der Waals surface area contributed by atoms with Gasteiger partial charge in [-0.3, -0.25) is 19.7 Å². The highest BCUT2D eigenvalue weighted by atomic mass is 19.1. The third kappa shape index (κ3) is 1.89. The highest BCUT2D eigenvalue weighted by Crippen LogP contribution is 2.27. The minimum atomic E-state index is -2.29. The molecular weight excluding hydrogens is 251 g/mol. The molecule has 1 unspecified atom stereocenters. The van der Waals surface area contributed by atoms with Crippen LogP contribution >= 0.6 is 0 Å². The van der Waals surface area contributed by atoms with Gasteiger partial charge in [-0.2, -0.15) is 0 Å². The van der Waals surface area contributed by atoms with Crippen LogP contribution < -0.4 is 5.32 Å². The summed E-state index contributed by atoms with van der Waals surface area (Å²) in [7, 11) is 0. The van der Waals surface area contributed by atoms with Crippen molar-refractivity contribution in [2.24, 2.45) is 0 Å². The second-order valence-electron chi connectivity index (χ2n) is 4.44. The van der Waals surface area contributed by atoms with E-state index in [1.54, 1.807) is 0 Å². The highest BCUT2D eigenvalue weighted by molar-refractivity contribution is 6.05. The molecule has 5 nitrogen and oxygen atoms in total. The predicted molar refractivity (Wildman–Crippen MR) is 62.4 cm³/mol. The van der Waals surface area contributed by atoms with Crippen LogP contribution in [-0.2, 0) is 16.1 Å². The second kappa shape index (κ2) is 4.15. The SMILES string of the molecule is [2H]C1([2H])c2cc(F)ccc2C(=O)N1C1CCC(=O)NC1=O. The minimum Gasteiger partial charge on any atom is -0.322 e. The van der Waals surface area contributed by atoms with Crippen LogP contribution in [0.15, 0.2) is 18.2 Å². The van der Waals surface area contributed by atoms with E-state index in [0.29, 0.717) is 0 Å². The fraction of sp³-hybridized carbons (Fsp3) is 0.308. The number of carbonyl (C=O) groups is 3. The Bertz CT molecular complexity index is 677. The zero-order valence-electron chi connectivity index (χ0n) is 11.8. The van der Waals surface area contributed by atoms with Crippen molar-refractivity contribution in [2.75, 3.05) is 0 Å². The van der Waals surface area contributed by atoms with Crippen molar-refractivity contribution in [3.05, 3.63) is 35.1 Å². The first-order chi connectivity index (χ1) is 9.82. The summed E-state index contributed by atoms with van der Waals surface area (Å²) in [6.07, 6.45) is 0.0767. The van der Waals surface area contributed by atoms with Gasteiger partial charge < -0.3 is 4.90 Å². The molecule has 1 saturated heterocycles. The van der Waals surface area contributed by atoms with Crippen molar-refractivity contribution in [3.63, 3.8) is 0 Å². The Labute approximate surface area is 111 Å². The molecule has 1 fully saturated rings. The Hall–Kier alpha value is -2.24. The van der Waals surface area contributed by atoms with Crippen LogP contribution in [0, 0.1) is 5.82 Å². The molecule has 0 radical (unpaired) electrons. The van der Waals surface area contributed by atoms with Crippen LogP contribution in [-0.4, -0.2) is 28.7 Å². The Morgan fingerprint density at radius 2 is 2.16 bits per heavy atom. The van der Waals surface area contributed by atoms with Gasteiger partial charge in [-0.05, 0) is 30.2 Å². The van der Waals surface area contributed by atoms with E-state index in [1.165, 1.54) is 6.07 Å². The summed E-state index contributed by atoms with van der Waals surface area (Å²) >= 11 is 0. The van der Waals surface area contributed by atoms with Gasteiger partial charge in [0.1, 0.15) is 11.9 Å². The molecular formula is C13H11FN2O3. The molecule has 0 saturated carbocycles. The summed E-state index contributed by atoms with van der Waals surface area (Å²) in [5.74, 6) is -2.50. The first kappa shape index (κ1) is 9.66. The molecule has 0 bridgehead atoms. The summed E-state index contributed by atoms with van der Waals surface area (Å²) in [6, 6.07) is 2.15. The number of hydrogen-bond donors (Lipinski definition) is 1. The summed E-state index contributed by atoms with van der Waals surface area (Å²) in [5, 5.41) is 2.09. The van der Waals surface area contributed by atoms with E-state index in [4.69, 9.17) is 2.74 Å². The molecule has 0 aliphatic carbocycles. The summed E-state index contributed by atoms with van der Waals surface area (Å²) in [4.78, 5) is 36.2. The van der Waals surface area contributed by atoms with E-state index < -0.39 is 36.1 Å². The molecule has 0 aromatic heterocycles. The lowest BCUT2D eigenvalue weighted by Crippen LogP contribution is -2.52. The van der Waals surface area contributed by atoms with Gasteiger partial charge >= 0.3 is 0 Å². The van der Waals surface area contributed by atoms with E-state index in [9.17, 15) is 18.8 Å².